The average molecular weight is 212 g/mol. The second-order valence-corrected chi connectivity index (χ2v) is 5.45. The van der Waals surface area contributed by atoms with Gasteiger partial charge in [0.05, 0.1) is 6.61 Å². The van der Waals surface area contributed by atoms with E-state index in [9.17, 15) is 0 Å². The molecule has 2 saturated heterocycles. The highest BCUT2D eigenvalue weighted by atomic mass is 16.5. The molecule has 0 saturated carbocycles. The van der Waals surface area contributed by atoms with Crippen molar-refractivity contribution in [3.8, 4) is 0 Å². The van der Waals surface area contributed by atoms with Crippen LogP contribution in [0, 0.1) is 5.92 Å². The molecule has 2 fully saturated rings. The quantitative estimate of drug-likeness (QED) is 0.755. The summed E-state index contributed by atoms with van der Waals surface area (Å²) in [7, 11) is 1.79. The lowest BCUT2D eigenvalue weighted by atomic mass is 9.95. The first-order chi connectivity index (χ1) is 7.22. The third kappa shape index (κ3) is 2.92. The van der Waals surface area contributed by atoms with E-state index >= 15 is 0 Å². The second-order valence-electron chi connectivity index (χ2n) is 5.45. The summed E-state index contributed by atoms with van der Waals surface area (Å²) in [6.07, 6.45) is 4.06. The van der Waals surface area contributed by atoms with Crippen LogP contribution in [-0.4, -0.2) is 50.3 Å². The lowest BCUT2D eigenvalue weighted by Crippen LogP contribution is -2.40. The van der Waals surface area contributed by atoms with Gasteiger partial charge in [0.15, 0.2) is 0 Å². The van der Waals surface area contributed by atoms with E-state index in [2.05, 4.69) is 17.1 Å². The minimum atomic E-state index is 0.221. The van der Waals surface area contributed by atoms with Crippen LogP contribution in [-0.2, 0) is 4.74 Å². The Hall–Kier alpha value is -0.120. The zero-order chi connectivity index (χ0) is 10.7. The van der Waals surface area contributed by atoms with E-state index in [1.807, 2.05) is 0 Å². The fourth-order valence-corrected chi connectivity index (χ4v) is 3.06. The number of nitrogens with one attached hydrogen (secondary N) is 1. The van der Waals surface area contributed by atoms with E-state index < -0.39 is 0 Å². The van der Waals surface area contributed by atoms with Gasteiger partial charge in [0, 0.05) is 19.2 Å². The van der Waals surface area contributed by atoms with Crippen molar-refractivity contribution < 1.29 is 4.74 Å². The molecule has 0 aliphatic carbocycles. The minimum Gasteiger partial charge on any atom is -0.383 e. The number of nitrogens with zero attached hydrogens (tertiary/aromatic N) is 1. The van der Waals surface area contributed by atoms with Crippen LogP contribution in [0.3, 0.4) is 0 Å². The normalized spacial score (nSPS) is 37.6. The molecule has 0 bridgehead atoms. The highest BCUT2D eigenvalue weighted by Gasteiger charge is 2.35. The van der Waals surface area contributed by atoms with Crippen molar-refractivity contribution in [3.63, 3.8) is 0 Å². The highest BCUT2D eigenvalue weighted by molar-refractivity contribution is 4.94. The Labute approximate surface area is 93.2 Å². The van der Waals surface area contributed by atoms with E-state index in [0.717, 1.165) is 19.1 Å². The van der Waals surface area contributed by atoms with Gasteiger partial charge in [-0.05, 0) is 51.7 Å². The summed E-state index contributed by atoms with van der Waals surface area (Å²) in [5.74, 6) is 0.822. The minimum absolute atomic E-state index is 0.221. The number of methoxy groups -OCH3 is 1. The Morgan fingerprint density at radius 1 is 1.40 bits per heavy atom. The van der Waals surface area contributed by atoms with Crippen LogP contribution in [0.15, 0.2) is 0 Å². The summed E-state index contributed by atoms with van der Waals surface area (Å²) in [5.41, 5.74) is 0.221. The molecule has 15 heavy (non-hydrogen) atoms. The summed E-state index contributed by atoms with van der Waals surface area (Å²) < 4.78 is 5.27. The van der Waals surface area contributed by atoms with Gasteiger partial charge >= 0.3 is 0 Å². The topological polar surface area (TPSA) is 24.5 Å². The smallest absolute Gasteiger partial charge is 0.0641 e. The van der Waals surface area contributed by atoms with Crippen LogP contribution < -0.4 is 5.32 Å². The van der Waals surface area contributed by atoms with Crippen molar-refractivity contribution in [1.29, 1.82) is 0 Å². The maximum atomic E-state index is 5.27. The predicted octanol–water partition coefficient (Wildman–Crippen LogP) is 1.10. The molecule has 0 aromatic carbocycles. The molecular weight excluding hydrogens is 188 g/mol. The zero-order valence-electron chi connectivity index (χ0n) is 10.1. The fraction of sp³-hybridized carbons (Fsp3) is 1.00. The molecular formula is C12H24N2O. The summed E-state index contributed by atoms with van der Waals surface area (Å²) in [4.78, 5) is 2.62. The monoisotopic (exact) mass is 212 g/mol. The Balaban J connectivity index is 1.76. The Morgan fingerprint density at radius 2 is 2.13 bits per heavy atom. The molecule has 2 aliphatic heterocycles. The van der Waals surface area contributed by atoms with Gasteiger partial charge in [-0.15, -0.1) is 0 Å². The molecule has 2 aliphatic rings. The van der Waals surface area contributed by atoms with Gasteiger partial charge in [-0.2, -0.15) is 0 Å². The second kappa shape index (κ2) is 4.81. The highest BCUT2D eigenvalue weighted by Crippen LogP contribution is 2.25. The predicted molar refractivity (Wildman–Crippen MR) is 62.1 cm³/mol. The number of rotatable bonds is 4. The first-order valence-corrected chi connectivity index (χ1v) is 6.18. The molecule has 2 rings (SSSR count). The third-order valence-electron chi connectivity index (χ3n) is 3.73. The lowest BCUT2D eigenvalue weighted by molar-refractivity contribution is 0.127. The van der Waals surface area contributed by atoms with Gasteiger partial charge in [0.25, 0.3) is 0 Å². The first-order valence-electron chi connectivity index (χ1n) is 6.18. The number of hydrogen-bond donors (Lipinski definition) is 1. The van der Waals surface area contributed by atoms with Gasteiger partial charge in [-0.3, -0.25) is 0 Å². The molecule has 0 radical (unpaired) electrons. The van der Waals surface area contributed by atoms with Crippen LogP contribution in [0.2, 0.25) is 0 Å². The molecule has 1 N–H and O–H groups in total. The Kier molecular flexibility index (Phi) is 3.65. The van der Waals surface area contributed by atoms with Crippen LogP contribution in [0.4, 0.5) is 0 Å². The summed E-state index contributed by atoms with van der Waals surface area (Å²) >= 11 is 0. The molecule has 3 nitrogen and oxygen atoms in total. The van der Waals surface area contributed by atoms with Crippen LogP contribution in [0.5, 0.6) is 0 Å². The molecule has 0 amide bonds. The SMILES string of the molecule is COCC1(C)CC(CN2CCCC2)CN1. The van der Waals surface area contributed by atoms with E-state index in [-0.39, 0.29) is 5.54 Å². The molecule has 2 heterocycles. The molecule has 0 aromatic rings. The number of likely N-dealkylation sites (tertiary alicyclic amines) is 1. The standard InChI is InChI=1S/C12H24N2O/c1-12(10-15-2)7-11(8-13-12)9-14-5-3-4-6-14/h11,13H,3-10H2,1-2H3. The maximum absolute atomic E-state index is 5.27. The van der Waals surface area contributed by atoms with Gasteiger partial charge in [-0.1, -0.05) is 0 Å². The van der Waals surface area contributed by atoms with Crippen LogP contribution in [0.1, 0.15) is 26.2 Å². The molecule has 0 spiro atoms. The van der Waals surface area contributed by atoms with Crippen molar-refractivity contribution in [2.45, 2.75) is 31.7 Å². The van der Waals surface area contributed by atoms with Gasteiger partial charge in [0.1, 0.15) is 0 Å². The van der Waals surface area contributed by atoms with Crippen LogP contribution >= 0.6 is 0 Å². The average Bonchev–Trinajstić information content (AvgIpc) is 2.78. The van der Waals surface area contributed by atoms with Crippen molar-refractivity contribution in [2.24, 2.45) is 5.92 Å². The van der Waals surface area contributed by atoms with Gasteiger partial charge in [0.2, 0.25) is 0 Å². The Morgan fingerprint density at radius 3 is 2.80 bits per heavy atom. The van der Waals surface area contributed by atoms with Crippen molar-refractivity contribution in [1.82, 2.24) is 10.2 Å². The number of hydrogen-bond acceptors (Lipinski definition) is 3. The van der Waals surface area contributed by atoms with Crippen molar-refractivity contribution in [2.75, 3.05) is 39.9 Å². The maximum Gasteiger partial charge on any atom is 0.0641 e. The van der Waals surface area contributed by atoms with Gasteiger partial charge < -0.3 is 15.0 Å². The van der Waals surface area contributed by atoms with E-state index in [1.165, 1.54) is 38.9 Å². The largest absolute Gasteiger partial charge is 0.383 e. The summed E-state index contributed by atoms with van der Waals surface area (Å²) in [6.45, 7) is 8.20. The Bertz CT molecular complexity index is 204. The number of ether oxygens (including phenoxy) is 1. The van der Waals surface area contributed by atoms with Crippen molar-refractivity contribution >= 4 is 0 Å². The fourth-order valence-electron chi connectivity index (χ4n) is 3.06. The first kappa shape index (κ1) is 11.4. The van der Waals surface area contributed by atoms with Crippen molar-refractivity contribution in [3.05, 3.63) is 0 Å². The summed E-state index contributed by atoms with van der Waals surface area (Å²) in [5, 5.41) is 3.61. The third-order valence-corrected chi connectivity index (χ3v) is 3.73. The molecule has 88 valence electrons. The molecule has 2 unspecified atom stereocenters. The molecule has 0 aromatic heterocycles. The summed E-state index contributed by atoms with van der Waals surface area (Å²) in [6, 6.07) is 0. The van der Waals surface area contributed by atoms with E-state index in [4.69, 9.17) is 4.74 Å². The molecule has 3 heteroatoms. The lowest BCUT2D eigenvalue weighted by Gasteiger charge is -2.24. The van der Waals surface area contributed by atoms with E-state index in [0.29, 0.717) is 0 Å². The molecule has 2 atom stereocenters. The van der Waals surface area contributed by atoms with E-state index in [1.54, 1.807) is 7.11 Å². The zero-order valence-corrected chi connectivity index (χ0v) is 10.1. The van der Waals surface area contributed by atoms with Gasteiger partial charge in [-0.25, -0.2) is 0 Å². The van der Waals surface area contributed by atoms with Crippen LogP contribution in [0.25, 0.3) is 0 Å².